The number of hydrogen-bond acceptors (Lipinski definition) is 2. The summed E-state index contributed by atoms with van der Waals surface area (Å²) in [5, 5.41) is 1.34. The summed E-state index contributed by atoms with van der Waals surface area (Å²) < 4.78 is 0. The first kappa shape index (κ1) is 13.7. The minimum absolute atomic E-state index is 0.700. The summed E-state index contributed by atoms with van der Waals surface area (Å²) >= 11 is 0. The average Bonchev–Trinajstić information content (AvgIpc) is 3.16. The molecule has 2 aromatic rings. The molecule has 0 saturated heterocycles. The molecule has 112 valence electrons. The van der Waals surface area contributed by atoms with Crippen LogP contribution < -0.4 is 0 Å². The number of rotatable bonds is 2. The largest absolute Gasteiger partial charge is 0.285 e. The van der Waals surface area contributed by atoms with Crippen molar-refractivity contribution in [3.8, 4) is 0 Å². The third-order valence-electron chi connectivity index (χ3n) is 5.18. The Kier molecular flexibility index (Phi) is 3.33. The van der Waals surface area contributed by atoms with E-state index in [1.54, 1.807) is 0 Å². The molecule has 2 nitrogen and oxygen atoms in total. The fourth-order valence-corrected chi connectivity index (χ4v) is 4.09. The van der Waals surface area contributed by atoms with E-state index in [-0.39, 0.29) is 0 Å². The van der Waals surface area contributed by atoms with Crippen LogP contribution in [0.25, 0.3) is 16.5 Å². The molecule has 22 heavy (non-hydrogen) atoms. The zero-order chi connectivity index (χ0) is 15.1. The first-order valence-electron chi connectivity index (χ1n) is 8.34. The van der Waals surface area contributed by atoms with Gasteiger partial charge in [-0.2, -0.15) is 0 Å². The molecule has 1 aliphatic carbocycles. The molecule has 0 unspecified atom stereocenters. The van der Waals surface area contributed by atoms with Gasteiger partial charge in [0.25, 0.3) is 0 Å². The third kappa shape index (κ3) is 2.18. The fraction of sp³-hybridized carbons (Fsp3) is 0.400. The number of fused-ring (bicyclic) bond motifs is 1. The molecular weight excluding hydrogens is 268 g/mol. The second-order valence-corrected chi connectivity index (χ2v) is 6.67. The smallest absolute Gasteiger partial charge is 0.0711 e. The van der Waals surface area contributed by atoms with Gasteiger partial charge in [-0.3, -0.25) is 9.98 Å². The summed E-state index contributed by atoms with van der Waals surface area (Å²) in [6, 6.07) is 8.96. The van der Waals surface area contributed by atoms with Crippen LogP contribution in [0, 0.1) is 0 Å². The van der Waals surface area contributed by atoms with Crippen molar-refractivity contribution in [2.24, 2.45) is 4.99 Å². The highest BCUT2D eigenvalue weighted by molar-refractivity contribution is 6.25. The Labute approximate surface area is 132 Å². The highest BCUT2D eigenvalue weighted by atomic mass is 14.8. The van der Waals surface area contributed by atoms with Gasteiger partial charge in [0.15, 0.2) is 0 Å². The minimum atomic E-state index is 0.700. The normalized spacial score (nSPS) is 19.3. The molecular formula is C20H22N2. The molecule has 0 amide bonds. The number of aromatic nitrogens is 1. The number of benzene rings is 1. The minimum Gasteiger partial charge on any atom is -0.285 e. The standard InChI is InChI=1S/C20H22N2/c1-13-12-22-14(2)20(13)16-10-18(15-6-3-4-7-15)17-8-5-9-21-19(17)11-16/h5,8-11,15H,3-4,6-7,12H2,1-2H3. The van der Waals surface area contributed by atoms with Gasteiger partial charge in [-0.1, -0.05) is 25.0 Å². The van der Waals surface area contributed by atoms with E-state index in [0.717, 1.165) is 12.1 Å². The maximum atomic E-state index is 4.63. The molecule has 0 bridgehead atoms. The number of nitrogens with zero attached hydrogens (tertiary/aromatic N) is 2. The first-order chi connectivity index (χ1) is 10.7. The molecule has 1 saturated carbocycles. The fourth-order valence-electron chi connectivity index (χ4n) is 4.09. The summed E-state index contributed by atoms with van der Waals surface area (Å²) in [7, 11) is 0. The number of aliphatic imine (C=N–C) groups is 1. The van der Waals surface area contributed by atoms with Crippen molar-refractivity contribution >= 4 is 22.2 Å². The molecule has 4 rings (SSSR count). The number of hydrogen-bond donors (Lipinski definition) is 0. The monoisotopic (exact) mass is 290 g/mol. The maximum Gasteiger partial charge on any atom is 0.0711 e. The van der Waals surface area contributed by atoms with Gasteiger partial charge in [-0.15, -0.1) is 0 Å². The van der Waals surface area contributed by atoms with Crippen molar-refractivity contribution in [2.45, 2.75) is 45.4 Å². The van der Waals surface area contributed by atoms with E-state index in [1.165, 1.54) is 59.1 Å². The highest BCUT2D eigenvalue weighted by Gasteiger charge is 2.22. The van der Waals surface area contributed by atoms with Gasteiger partial charge in [0.1, 0.15) is 0 Å². The Balaban J connectivity index is 1.94. The predicted octanol–water partition coefficient (Wildman–Crippen LogP) is 5.14. The van der Waals surface area contributed by atoms with Gasteiger partial charge in [-0.05, 0) is 61.4 Å². The van der Waals surface area contributed by atoms with Gasteiger partial charge >= 0.3 is 0 Å². The van der Waals surface area contributed by atoms with Crippen LogP contribution in [-0.4, -0.2) is 17.2 Å². The van der Waals surface area contributed by atoms with Gasteiger partial charge in [0.05, 0.1) is 12.1 Å². The van der Waals surface area contributed by atoms with E-state index >= 15 is 0 Å². The quantitative estimate of drug-likeness (QED) is 0.751. The van der Waals surface area contributed by atoms with Crippen LogP contribution in [0.3, 0.4) is 0 Å². The van der Waals surface area contributed by atoms with Gasteiger partial charge < -0.3 is 0 Å². The molecule has 1 aliphatic heterocycles. The molecule has 0 spiro atoms. The van der Waals surface area contributed by atoms with Gasteiger partial charge in [0.2, 0.25) is 0 Å². The van der Waals surface area contributed by atoms with Crippen molar-refractivity contribution in [1.82, 2.24) is 4.98 Å². The summed E-state index contributed by atoms with van der Waals surface area (Å²) in [5.74, 6) is 0.700. The zero-order valence-corrected chi connectivity index (χ0v) is 13.4. The SMILES string of the molecule is CC1=NCC(C)=C1c1cc(C2CCCC2)c2cccnc2c1. The van der Waals surface area contributed by atoms with Crippen LogP contribution in [0.2, 0.25) is 0 Å². The molecule has 2 heteroatoms. The predicted molar refractivity (Wildman–Crippen MR) is 93.5 cm³/mol. The van der Waals surface area contributed by atoms with E-state index in [4.69, 9.17) is 0 Å². The van der Waals surface area contributed by atoms with Crippen molar-refractivity contribution < 1.29 is 0 Å². The first-order valence-corrected chi connectivity index (χ1v) is 8.34. The van der Waals surface area contributed by atoms with Crippen LogP contribution in [0.5, 0.6) is 0 Å². The van der Waals surface area contributed by atoms with Crippen molar-refractivity contribution in [3.05, 3.63) is 47.2 Å². The van der Waals surface area contributed by atoms with Crippen molar-refractivity contribution in [3.63, 3.8) is 0 Å². The zero-order valence-electron chi connectivity index (χ0n) is 13.4. The molecule has 1 fully saturated rings. The van der Waals surface area contributed by atoms with Crippen LogP contribution in [0.15, 0.2) is 41.0 Å². The molecule has 1 aromatic heterocycles. The molecule has 1 aromatic carbocycles. The van der Waals surface area contributed by atoms with E-state index in [9.17, 15) is 0 Å². The van der Waals surface area contributed by atoms with Crippen molar-refractivity contribution in [1.29, 1.82) is 0 Å². The van der Waals surface area contributed by atoms with Gasteiger partial charge in [-0.25, -0.2) is 0 Å². The molecule has 2 aliphatic rings. The number of allylic oxidation sites excluding steroid dienone is 1. The molecule has 2 heterocycles. The summed E-state index contributed by atoms with van der Waals surface area (Å²) in [6.45, 7) is 5.18. The Morgan fingerprint density at radius 2 is 1.91 bits per heavy atom. The second-order valence-electron chi connectivity index (χ2n) is 6.67. The summed E-state index contributed by atoms with van der Waals surface area (Å²) in [6.07, 6.45) is 7.26. The summed E-state index contributed by atoms with van der Waals surface area (Å²) in [4.78, 5) is 9.24. The number of pyridine rings is 1. The van der Waals surface area contributed by atoms with Gasteiger partial charge in [0, 0.05) is 22.9 Å². The van der Waals surface area contributed by atoms with Crippen LogP contribution in [0.4, 0.5) is 0 Å². The second kappa shape index (κ2) is 5.35. The third-order valence-corrected chi connectivity index (χ3v) is 5.18. The van der Waals surface area contributed by atoms with Crippen LogP contribution >= 0.6 is 0 Å². The summed E-state index contributed by atoms with van der Waals surface area (Å²) in [5.41, 5.74) is 7.83. The average molecular weight is 290 g/mol. The maximum absolute atomic E-state index is 4.63. The van der Waals surface area contributed by atoms with Crippen LogP contribution in [0.1, 0.15) is 56.6 Å². The van der Waals surface area contributed by atoms with E-state index < -0.39 is 0 Å². The Morgan fingerprint density at radius 3 is 2.64 bits per heavy atom. The lowest BCUT2D eigenvalue weighted by Crippen LogP contribution is -2.00. The van der Waals surface area contributed by atoms with Crippen molar-refractivity contribution in [2.75, 3.05) is 6.54 Å². The molecule has 0 atom stereocenters. The lowest BCUT2D eigenvalue weighted by atomic mass is 9.88. The highest BCUT2D eigenvalue weighted by Crippen LogP contribution is 2.39. The Morgan fingerprint density at radius 1 is 1.09 bits per heavy atom. The molecule has 0 N–H and O–H groups in total. The molecule has 0 radical (unpaired) electrons. The van der Waals surface area contributed by atoms with E-state index in [1.807, 2.05) is 6.20 Å². The topological polar surface area (TPSA) is 25.2 Å². The van der Waals surface area contributed by atoms with E-state index in [2.05, 4.69) is 48.1 Å². The Bertz CT molecular complexity index is 792. The lowest BCUT2D eigenvalue weighted by Gasteiger charge is -2.16. The van der Waals surface area contributed by atoms with E-state index in [0.29, 0.717) is 5.92 Å². The lowest BCUT2D eigenvalue weighted by molar-refractivity contribution is 0.729. The van der Waals surface area contributed by atoms with Crippen LogP contribution in [-0.2, 0) is 0 Å². The Hall–Kier alpha value is -1.96.